The molecule has 0 unspecified atom stereocenters. The molecule has 0 aliphatic carbocycles. The van der Waals surface area contributed by atoms with E-state index in [-0.39, 0.29) is 21.9 Å². The molecular weight excluding hydrogens is 340 g/mol. The summed E-state index contributed by atoms with van der Waals surface area (Å²) < 4.78 is 32.9. The van der Waals surface area contributed by atoms with Crippen molar-refractivity contribution in [2.45, 2.75) is 31.3 Å². The van der Waals surface area contributed by atoms with Crippen LogP contribution < -0.4 is 9.46 Å². The number of rotatable bonds is 7. The van der Waals surface area contributed by atoms with Crippen LogP contribution in [0, 0.1) is 5.92 Å². The highest BCUT2D eigenvalue weighted by molar-refractivity contribution is 7.89. The van der Waals surface area contributed by atoms with Gasteiger partial charge in [-0.25, -0.2) is 13.1 Å². The fourth-order valence-electron chi connectivity index (χ4n) is 1.98. The molecule has 0 aliphatic heterocycles. The van der Waals surface area contributed by atoms with Gasteiger partial charge in [-0.3, -0.25) is 0 Å². The van der Waals surface area contributed by atoms with Crippen LogP contribution in [-0.4, -0.2) is 36.6 Å². The van der Waals surface area contributed by atoms with Crippen LogP contribution in [0.25, 0.3) is 0 Å². The van der Waals surface area contributed by atoms with Gasteiger partial charge in [-0.15, -0.1) is 0 Å². The molecule has 1 aromatic carbocycles. The minimum absolute atomic E-state index is 0.0597. The molecule has 9 heteroatoms. The van der Waals surface area contributed by atoms with Crippen molar-refractivity contribution in [3.05, 3.63) is 35.6 Å². The second-order valence-corrected chi connectivity index (χ2v) is 7.47. The first kappa shape index (κ1) is 17.7. The number of nitrogens with zero attached hydrogens (tertiary/aromatic N) is 3. The molecule has 0 bridgehead atoms. The maximum atomic E-state index is 12.6. The molecule has 1 atom stereocenters. The molecule has 126 valence electrons. The maximum absolute atomic E-state index is 12.6. The number of halogens is 1. The lowest BCUT2D eigenvalue weighted by Crippen LogP contribution is -2.41. The lowest BCUT2D eigenvalue weighted by molar-refractivity contribution is 0.361. The Morgan fingerprint density at radius 3 is 2.48 bits per heavy atom. The van der Waals surface area contributed by atoms with Crippen molar-refractivity contribution in [2.24, 2.45) is 5.92 Å². The number of ether oxygens (including phenoxy) is 1. The highest BCUT2D eigenvalue weighted by Crippen LogP contribution is 2.27. The highest BCUT2D eigenvalue weighted by atomic mass is 35.5. The number of sulfonamides is 1. The van der Waals surface area contributed by atoms with Crippen molar-refractivity contribution in [3.63, 3.8) is 0 Å². The van der Waals surface area contributed by atoms with E-state index >= 15 is 0 Å². The number of hydrogen-bond donors (Lipinski definition) is 1. The molecule has 2 rings (SSSR count). The summed E-state index contributed by atoms with van der Waals surface area (Å²) in [6.45, 7) is 4.20. The van der Waals surface area contributed by atoms with E-state index in [9.17, 15) is 8.42 Å². The first-order valence-electron chi connectivity index (χ1n) is 7.03. The molecule has 0 aliphatic rings. The normalized spacial score (nSPS) is 13.3. The standard InChI is InChI=1S/C14H19ClN4O3S/c1-10(2)13(9-19-16-6-7-17-19)18-23(20,21)11-4-5-14(22-3)12(15)8-11/h4-8,10,13,18H,9H2,1-3H3/t13-/m0/s1. The highest BCUT2D eigenvalue weighted by Gasteiger charge is 2.24. The van der Waals surface area contributed by atoms with Gasteiger partial charge in [-0.2, -0.15) is 15.0 Å². The Balaban J connectivity index is 2.22. The summed E-state index contributed by atoms with van der Waals surface area (Å²) >= 11 is 6.01. The van der Waals surface area contributed by atoms with Gasteiger partial charge >= 0.3 is 0 Å². The predicted molar refractivity (Wildman–Crippen MR) is 87.0 cm³/mol. The fourth-order valence-corrected chi connectivity index (χ4v) is 3.70. The largest absolute Gasteiger partial charge is 0.495 e. The van der Waals surface area contributed by atoms with Gasteiger partial charge in [-0.05, 0) is 24.1 Å². The van der Waals surface area contributed by atoms with Gasteiger partial charge in [0.1, 0.15) is 5.75 Å². The van der Waals surface area contributed by atoms with Crippen molar-refractivity contribution in [1.82, 2.24) is 19.7 Å². The fraction of sp³-hybridized carbons (Fsp3) is 0.429. The summed E-state index contributed by atoms with van der Waals surface area (Å²) in [5.74, 6) is 0.483. The van der Waals surface area contributed by atoms with Crippen LogP contribution in [-0.2, 0) is 16.6 Å². The van der Waals surface area contributed by atoms with Gasteiger partial charge in [0.25, 0.3) is 0 Å². The Kier molecular flexibility index (Phi) is 5.61. The summed E-state index contributed by atoms with van der Waals surface area (Å²) in [6, 6.07) is 3.99. The minimum atomic E-state index is -3.71. The Morgan fingerprint density at radius 2 is 1.96 bits per heavy atom. The summed E-state index contributed by atoms with van der Waals surface area (Å²) in [5.41, 5.74) is 0. The van der Waals surface area contributed by atoms with Crippen molar-refractivity contribution >= 4 is 21.6 Å². The Morgan fingerprint density at radius 1 is 1.30 bits per heavy atom. The number of hydrogen-bond acceptors (Lipinski definition) is 5. The minimum Gasteiger partial charge on any atom is -0.495 e. The lowest BCUT2D eigenvalue weighted by Gasteiger charge is -2.21. The van der Waals surface area contributed by atoms with Gasteiger partial charge in [0, 0.05) is 6.04 Å². The third kappa shape index (κ3) is 4.43. The zero-order chi connectivity index (χ0) is 17.0. The molecular formula is C14H19ClN4O3S. The van der Waals surface area contributed by atoms with E-state index in [0.29, 0.717) is 12.3 Å². The summed E-state index contributed by atoms with van der Waals surface area (Å²) in [7, 11) is -2.24. The molecule has 7 nitrogen and oxygen atoms in total. The average Bonchev–Trinajstić information content (AvgIpc) is 2.99. The molecule has 0 spiro atoms. The van der Waals surface area contributed by atoms with E-state index < -0.39 is 10.0 Å². The van der Waals surface area contributed by atoms with E-state index in [1.807, 2.05) is 13.8 Å². The molecule has 0 saturated carbocycles. The quantitative estimate of drug-likeness (QED) is 0.817. The number of benzene rings is 1. The molecule has 2 aromatic rings. The smallest absolute Gasteiger partial charge is 0.240 e. The Hall–Kier alpha value is -1.64. The molecule has 0 radical (unpaired) electrons. The van der Waals surface area contributed by atoms with Crippen LogP contribution in [0.2, 0.25) is 5.02 Å². The van der Waals surface area contributed by atoms with Crippen LogP contribution in [0.15, 0.2) is 35.5 Å². The average molecular weight is 359 g/mol. The third-order valence-corrected chi connectivity index (χ3v) is 5.15. The van der Waals surface area contributed by atoms with Crippen molar-refractivity contribution in [2.75, 3.05) is 7.11 Å². The van der Waals surface area contributed by atoms with Crippen LogP contribution in [0.4, 0.5) is 0 Å². The van der Waals surface area contributed by atoms with Gasteiger partial charge in [0.15, 0.2) is 0 Å². The second-order valence-electron chi connectivity index (χ2n) is 5.35. The van der Waals surface area contributed by atoms with Gasteiger partial charge in [0.2, 0.25) is 10.0 Å². The molecule has 0 amide bonds. The second kappa shape index (κ2) is 7.29. The zero-order valence-electron chi connectivity index (χ0n) is 13.1. The Bertz CT molecular complexity index is 747. The van der Waals surface area contributed by atoms with E-state index in [1.54, 1.807) is 12.4 Å². The summed E-state index contributed by atoms with van der Waals surface area (Å²) in [4.78, 5) is 1.54. The van der Waals surface area contributed by atoms with E-state index in [0.717, 1.165) is 0 Å². The van der Waals surface area contributed by atoms with Crippen LogP contribution in [0.3, 0.4) is 0 Å². The molecule has 0 fully saturated rings. The van der Waals surface area contributed by atoms with Gasteiger partial charge in [0.05, 0.1) is 36.0 Å². The maximum Gasteiger partial charge on any atom is 0.240 e. The molecule has 0 saturated heterocycles. The monoisotopic (exact) mass is 358 g/mol. The molecule has 23 heavy (non-hydrogen) atoms. The van der Waals surface area contributed by atoms with E-state index in [2.05, 4.69) is 14.9 Å². The topological polar surface area (TPSA) is 86.1 Å². The lowest BCUT2D eigenvalue weighted by atomic mass is 10.1. The van der Waals surface area contributed by atoms with Gasteiger partial charge in [-0.1, -0.05) is 25.4 Å². The predicted octanol–water partition coefficient (Wildman–Crippen LogP) is 1.94. The van der Waals surface area contributed by atoms with Crippen LogP contribution in [0.1, 0.15) is 13.8 Å². The Labute approximate surface area is 140 Å². The van der Waals surface area contributed by atoms with E-state index in [1.165, 1.54) is 30.1 Å². The van der Waals surface area contributed by atoms with Crippen molar-refractivity contribution < 1.29 is 13.2 Å². The number of aromatic nitrogens is 3. The first-order chi connectivity index (χ1) is 10.8. The number of methoxy groups -OCH3 is 1. The molecule has 1 heterocycles. The van der Waals surface area contributed by atoms with Crippen molar-refractivity contribution in [1.29, 1.82) is 0 Å². The van der Waals surface area contributed by atoms with E-state index in [4.69, 9.17) is 16.3 Å². The molecule has 1 N–H and O–H groups in total. The van der Waals surface area contributed by atoms with Gasteiger partial charge < -0.3 is 4.74 Å². The zero-order valence-corrected chi connectivity index (χ0v) is 14.7. The first-order valence-corrected chi connectivity index (χ1v) is 8.89. The van der Waals surface area contributed by atoms with Crippen LogP contribution in [0.5, 0.6) is 5.75 Å². The summed E-state index contributed by atoms with van der Waals surface area (Å²) in [5, 5.41) is 8.26. The molecule has 1 aromatic heterocycles. The summed E-state index contributed by atoms with van der Waals surface area (Å²) in [6.07, 6.45) is 3.10. The number of nitrogens with one attached hydrogen (secondary N) is 1. The SMILES string of the molecule is COc1ccc(S(=O)(=O)N[C@@H](Cn2nccn2)C(C)C)cc1Cl. The van der Waals surface area contributed by atoms with Crippen molar-refractivity contribution in [3.8, 4) is 5.75 Å². The van der Waals surface area contributed by atoms with Crippen LogP contribution >= 0.6 is 11.6 Å². The third-order valence-electron chi connectivity index (χ3n) is 3.37.